The Morgan fingerprint density at radius 3 is 1.19 bits per heavy atom. The summed E-state index contributed by atoms with van der Waals surface area (Å²) in [5.74, 6) is -2.38. The highest BCUT2D eigenvalue weighted by Gasteiger charge is 2.37. The van der Waals surface area contributed by atoms with E-state index >= 15 is 0 Å². The molecule has 0 aliphatic carbocycles. The molecule has 1 saturated heterocycles. The second kappa shape index (κ2) is 20.4. The number of amides is 2. The molecule has 2 amide bonds. The number of esters is 4. The van der Waals surface area contributed by atoms with Crippen molar-refractivity contribution in [3.63, 3.8) is 0 Å². The van der Waals surface area contributed by atoms with Gasteiger partial charge in [0.1, 0.15) is 28.4 Å². The summed E-state index contributed by atoms with van der Waals surface area (Å²) in [6.45, 7) is 24.7. The zero-order valence-corrected chi connectivity index (χ0v) is 37.1. The van der Waals surface area contributed by atoms with E-state index in [4.69, 9.17) is 18.9 Å². The third kappa shape index (κ3) is 17.1. The summed E-state index contributed by atoms with van der Waals surface area (Å²) in [5, 5.41) is 0. The fourth-order valence-corrected chi connectivity index (χ4v) is 6.71. The van der Waals surface area contributed by atoms with Gasteiger partial charge in [-0.25, -0.2) is 0 Å². The molecule has 3 rings (SSSR count). The smallest absolute Gasteiger partial charge is 0.323 e. The lowest BCUT2D eigenvalue weighted by molar-refractivity contribution is -0.163. The molecule has 1 aromatic carbocycles. The van der Waals surface area contributed by atoms with E-state index in [0.29, 0.717) is 69.9 Å². The summed E-state index contributed by atoms with van der Waals surface area (Å²) in [6, 6.07) is 5.93. The van der Waals surface area contributed by atoms with Crippen LogP contribution in [0.2, 0.25) is 0 Å². The van der Waals surface area contributed by atoms with Crippen molar-refractivity contribution in [1.82, 2.24) is 24.5 Å². The van der Waals surface area contributed by atoms with Crippen LogP contribution in [0.1, 0.15) is 117 Å². The molecule has 15 heteroatoms. The van der Waals surface area contributed by atoms with Gasteiger partial charge in [0.2, 0.25) is 0 Å². The first-order valence-electron chi connectivity index (χ1n) is 20.4. The van der Waals surface area contributed by atoms with E-state index < -0.39 is 46.4 Å². The Morgan fingerprint density at radius 2 is 0.862 bits per heavy atom. The number of carbonyl (C=O) groups is 6. The van der Waals surface area contributed by atoms with Gasteiger partial charge in [-0.1, -0.05) is 12.1 Å². The van der Waals surface area contributed by atoms with Crippen LogP contribution in [0.25, 0.3) is 0 Å². The fraction of sp³-hybridized carbons (Fsp3) is 0.721. The normalized spacial score (nSPS) is 18.2. The van der Waals surface area contributed by atoms with E-state index in [9.17, 15) is 28.8 Å². The zero-order chi connectivity index (χ0) is 43.6. The van der Waals surface area contributed by atoms with Crippen LogP contribution in [0.4, 0.5) is 0 Å². The molecule has 0 saturated carbocycles. The van der Waals surface area contributed by atoms with Crippen molar-refractivity contribution < 1.29 is 47.7 Å². The van der Waals surface area contributed by atoms with Gasteiger partial charge in [-0.3, -0.25) is 53.3 Å². The number of rotatable bonds is 12. The van der Waals surface area contributed by atoms with Crippen molar-refractivity contribution in [1.29, 1.82) is 0 Å². The van der Waals surface area contributed by atoms with Crippen LogP contribution in [-0.2, 0) is 38.1 Å². The van der Waals surface area contributed by atoms with Gasteiger partial charge in [0.05, 0.1) is 30.8 Å². The van der Waals surface area contributed by atoms with E-state index in [1.54, 1.807) is 45.0 Å². The number of fused-ring (bicyclic) bond motifs is 1. The lowest BCUT2D eigenvalue weighted by atomic mass is 10.1. The van der Waals surface area contributed by atoms with Crippen LogP contribution in [0.5, 0.6) is 0 Å². The number of ether oxygens (including phenoxy) is 4. The van der Waals surface area contributed by atoms with E-state index in [-0.39, 0.29) is 50.4 Å². The maximum atomic E-state index is 14.1. The highest BCUT2D eigenvalue weighted by Crippen LogP contribution is 2.24. The van der Waals surface area contributed by atoms with E-state index in [2.05, 4.69) is 0 Å². The second-order valence-corrected chi connectivity index (χ2v) is 19.1. The van der Waals surface area contributed by atoms with Gasteiger partial charge in [-0.2, -0.15) is 0 Å². The number of nitrogens with zero attached hydrogens (tertiary/aromatic N) is 5. The summed E-state index contributed by atoms with van der Waals surface area (Å²) in [4.78, 5) is 89.0. The fourth-order valence-electron chi connectivity index (χ4n) is 6.71. The molecule has 0 aromatic heterocycles. The minimum atomic E-state index is -0.798. The molecule has 0 bridgehead atoms. The lowest BCUT2D eigenvalue weighted by Crippen LogP contribution is -2.53. The summed E-state index contributed by atoms with van der Waals surface area (Å²) >= 11 is 0. The van der Waals surface area contributed by atoms with Gasteiger partial charge in [0, 0.05) is 58.9 Å². The van der Waals surface area contributed by atoms with Gasteiger partial charge in [-0.15, -0.1) is 0 Å². The number of imide groups is 1. The van der Waals surface area contributed by atoms with Gasteiger partial charge in [-0.05, 0) is 108 Å². The maximum Gasteiger partial charge on any atom is 0.323 e. The van der Waals surface area contributed by atoms with Crippen LogP contribution in [0, 0.1) is 0 Å². The van der Waals surface area contributed by atoms with Crippen LogP contribution in [0.3, 0.4) is 0 Å². The van der Waals surface area contributed by atoms with Crippen molar-refractivity contribution in [2.75, 3.05) is 78.5 Å². The maximum absolute atomic E-state index is 14.1. The molecule has 0 unspecified atom stereocenters. The lowest BCUT2D eigenvalue weighted by Gasteiger charge is -2.37. The predicted molar refractivity (Wildman–Crippen MR) is 219 cm³/mol. The largest absolute Gasteiger partial charge is 0.459 e. The molecular formula is C43H69N5O10. The first-order chi connectivity index (χ1) is 26.7. The molecule has 0 spiro atoms. The number of benzene rings is 1. The summed E-state index contributed by atoms with van der Waals surface area (Å²) in [6.07, 6.45) is 0.596. The zero-order valence-electron chi connectivity index (χ0n) is 37.1. The molecule has 58 heavy (non-hydrogen) atoms. The monoisotopic (exact) mass is 816 g/mol. The van der Waals surface area contributed by atoms with Gasteiger partial charge in [0.15, 0.2) is 0 Å². The van der Waals surface area contributed by atoms with Crippen molar-refractivity contribution in [2.24, 2.45) is 0 Å². The Balaban J connectivity index is 1.95. The Hall–Kier alpha value is -3.92. The van der Waals surface area contributed by atoms with Crippen LogP contribution in [-0.4, -0.2) is 167 Å². The van der Waals surface area contributed by atoms with Crippen molar-refractivity contribution >= 4 is 35.7 Å². The molecule has 0 radical (unpaired) electrons. The molecule has 1 fully saturated rings. The number of hydrogen-bond acceptors (Lipinski definition) is 14. The Bertz CT molecular complexity index is 1520. The molecule has 1 aromatic rings. The minimum absolute atomic E-state index is 0.0117. The number of carbonyl (C=O) groups excluding carboxylic acids is 6. The van der Waals surface area contributed by atoms with Gasteiger partial charge >= 0.3 is 23.9 Å². The number of hydrogen-bond donors (Lipinski definition) is 0. The SMILES string of the molecule is CC(C)(C)OC(=O)CN1CCN(CC(=O)OC(C)(C)C)CCN([C@H](CCCN2C(=O)c3ccccc3C2=O)C(=O)OC(C)(C)C)CCN(CC(=O)OC(C)(C)C)CC1. The third-order valence-corrected chi connectivity index (χ3v) is 9.05. The van der Waals surface area contributed by atoms with Crippen LogP contribution >= 0.6 is 0 Å². The van der Waals surface area contributed by atoms with E-state index in [1.165, 1.54) is 4.90 Å². The predicted octanol–water partition coefficient (Wildman–Crippen LogP) is 4.02. The topological polar surface area (TPSA) is 156 Å². The average Bonchev–Trinajstić information content (AvgIpc) is 3.28. The molecule has 15 nitrogen and oxygen atoms in total. The third-order valence-electron chi connectivity index (χ3n) is 9.05. The Labute approximate surface area is 345 Å². The van der Waals surface area contributed by atoms with Crippen molar-refractivity contribution in [3.05, 3.63) is 35.4 Å². The van der Waals surface area contributed by atoms with Gasteiger partial charge in [0.25, 0.3) is 11.8 Å². The van der Waals surface area contributed by atoms with Gasteiger partial charge < -0.3 is 18.9 Å². The highest BCUT2D eigenvalue weighted by atomic mass is 16.6. The van der Waals surface area contributed by atoms with E-state index in [0.717, 1.165) is 0 Å². The Kier molecular flexibility index (Phi) is 17.0. The second-order valence-electron chi connectivity index (χ2n) is 19.1. The van der Waals surface area contributed by atoms with Crippen molar-refractivity contribution in [2.45, 2.75) is 124 Å². The molecule has 2 aliphatic rings. The quantitative estimate of drug-likeness (QED) is 0.169. The average molecular weight is 816 g/mol. The van der Waals surface area contributed by atoms with Crippen LogP contribution in [0.15, 0.2) is 24.3 Å². The molecule has 0 N–H and O–H groups in total. The summed E-state index contributed by atoms with van der Waals surface area (Å²) in [7, 11) is 0. The summed E-state index contributed by atoms with van der Waals surface area (Å²) < 4.78 is 23.0. The van der Waals surface area contributed by atoms with E-state index in [1.807, 2.05) is 81.9 Å². The standard InChI is InChI=1S/C43H69N5O10/c1-40(2,3)55-34(49)28-44-20-22-45(29-35(50)56-41(4,5)6)24-26-47(27-25-46(23-21-44)30-36(51)57-42(7,8)9)33(39(54)58-43(10,11)12)18-15-19-48-37(52)31-16-13-14-17-32(31)38(48)53/h13-14,16-17,33H,15,18-30H2,1-12H3/t33-/m1/s1. The first kappa shape index (κ1) is 48.4. The van der Waals surface area contributed by atoms with Crippen LogP contribution < -0.4 is 0 Å². The molecule has 2 aliphatic heterocycles. The Morgan fingerprint density at radius 1 is 0.534 bits per heavy atom. The molecular weight excluding hydrogens is 746 g/mol. The van der Waals surface area contributed by atoms with Crippen molar-refractivity contribution in [3.8, 4) is 0 Å². The highest BCUT2D eigenvalue weighted by molar-refractivity contribution is 6.21. The molecule has 2 heterocycles. The first-order valence-corrected chi connectivity index (χ1v) is 20.4. The summed E-state index contributed by atoms with van der Waals surface area (Å²) in [5.41, 5.74) is -2.14. The minimum Gasteiger partial charge on any atom is -0.459 e. The molecule has 326 valence electrons. The molecule has 1 atom stereocenters.